The summed E-state index contributed by atoms with van der Waals surface area (Å²) in [6, 6.07) is 11.6. The largest absolute Gasteiger partial charge is 0.482 e. The number of ether oxygens (including phenoxy) is 1. The molecule has 0 atom stereocenters. The maximum atomic E-state index is 13.1. The fourth-order valence-electron chi connectivity index (χ4n) is 1.89. The zero-order chi connectivity index (χ0) is 19.1. The van der Waals surface area contributed by atoms with Gasteiger partial charge in [0.05, 0.1) is 5.02 Å². The Bertz CT molecular complexity index is 904. The van der Waals surface area contributed by atoms with Crippen LogP contribution in [-0.2, 0) is 9.59 Å². The van der Waals surface area contributed by atoms with Crippen LogP contribution in [0, 0.1) is 17.1 Å². The van der Waals surface area contributed by atoms with Crippen molar-refractivity contribution in [2.45, 2.75) is 0 Å². The average molecular weight is 375 g/mol. The Kier molecular flexibility index (Phi) is 6.31. The first kappa shape index (κ1) is 19.0. The molecule has 0 aliphatic heterocycles. The molecule has 6 nitrogen and oxygen atoms in total. The number of aliphatic carboxylic acids is 1. The van der Waals surface area contributed by atoms with E-state index in [4.69, 9.17) is 21.4 Å². The summed E-state index contributed by atoms with van der Waals surface area (Å²) in [5, 5.41) is 20.0. The number of amides is 1. The highest BCUT2D eigenvalue weighted by molar-refractivity contribution is 6.31. The molecule has 26 heavy (non-hydrogen) atoms. The number of benzene rings is 2. The van der Waals surface area contributed by atoms with Crippen LogP contribution < -0.4 is 10.1 Å². The number of carboxylic acid groups (broad SMARTS) is 1. The SMILES string of the molecule is N#C/C(=C/c1ccc(OCC(=O)O)cc1)C(=O)Nc1ccc(F)c(Cl)c1. The molecule has 0 radical (unpaired) electrons. The minimum atomic E-state index is -1.10. The quantitative estimate of drug-likeness (QED) is 0.595. The molecule has 0 heterocycles. The lowest BCUT2D eigenvalue weighted by Crippen LogP contribution is -2.13. The molecule has 132 valence electrons. The molecule has 8 heteroatoms. The summed E-state index contributed by atoms with van der Waals surface area (Å²) in [5.41, 5.74) is 0.612. The number of anilines is 1. The molecule has 2 aromatic carbocycles. The summed E-state index contributed by atoms with van der Waals surface area (Å²) in [7, 11) is 0. The van der Waals surface area contributed by atoms with Gasteiger partial charge in [-0.2, -0.15) is 5.26 Å². The van der Waals surface area contributed by atoms with E-state index in [9.17, 15) is 19.2 Å². The van der Waals surface area contributed by atoms with Crippen LogP contribution in [0.2, 0.25) is 5.02 Å². The van der Waals surface area contributed by atoms with E-state index in [1.54, 1.807) is 18.2 Å². The van der Waals surface area contributed by atoms with Crippen LogP contribution in [0.15, 0.2) is 48.0 Å². The van der Waals surface area contributed by atoms with Gasteiger partial charge in [0.2, 0.25) is 0 Å². The van der Waals surface area contributed by atoms with Crippen LogP contribution >= 0.6 is 11.6 Å². The van der Waals surface area contributed by atoms with E-state index in [2.05, 4.69) is 5.32 Å². The number of nitriles is 1. The van der Waals surface area contributed by atoms with Crippen molar-refractivity contribution in [2.75, 3.05) is 11.9 Å². The van der Waals surface area contributed by atoms with E-state index in [1.807, 2.05) is 0 Å². The first-order valence-corrected chi connectivity index (χ1v) is 7.59. The highest BCUT2D eigenvalue weighted by atomic mass is 35.5. The molecule has 0 aromatic heterocycles. The van der Waals surface area contributed by atoms with Crippen molar-refractivity contribution in [3.05, 3.63) is 64.4 Å². The molecule has 2 rings (SSSR count). The highest BCUT2D eigenvalue weighted by Crippen LogP contribution is 2.20. The predicted octanol–water partition coefficient (Wildman–Crippen LogP) is 3.49. The number of carboxylic acids is 1. The van der Waals surface area contributed by atoms with Gasteiger partial charge >= 0.3 is 5.97 Å². The normalized spacial score (nSPS) is 10.7. The van der Waals surface area contributed by atoms with E-state index in [1.165, 1.54) is 30.3 Å². The summed E-state index contributed by atoms with van der Waals surface area (Å²) < 4.78 is 18.1. The van der Waals surface area contributed by atoms with Crippen molar-refractivity contribution in [1.29, 1.82) is 5.26 Å². The van der Waals surface area contributed by atoms with Crippen molar-refractivity contribution in [2.24, 2.45) is 0 Å². The number of nitrogens with one attached hydrogen (secondary N) is 1. The standard InChI is InChI=1S/C18H12ClFN2O4/c19-15-8-13(3-6-16(15)20)22-18(25)12(9-21)7-11-1-4-14(5-2-11)26-10-17(23)24/h1-8H,10H2,(H,22,25)(H,23,24)/b12-7-. The number of nitrogens with zero attached hydrogens (tertiary/aromatic N) is 1. The van der Waals surface area contributed by atoms with E-state index in [0.717, 1.165) is 6.07 Å². The summed E-state index contributed by atoms with van der Waals surface area (Å²) in [4.78, 5) is 22.6. The van der Waals surface area contributed by atoms with Gasteiger partial charge in [-0.1, -0.05) is 23.7 Å². The van der Waals surface area contributed by atoms with Crippen LogP contribution in [0.25, 0.3) is 6.08 Å². The maximum absolute atomic E-state index is 13.1. The smallest absolute Gasteiger partial charge is 0.341 e. The van der Waals surface area contributed by atoms with Crippen molar-refractivity contribution in [3.63, 3.8) is 0 Å². The van der Waals surface area contributed by atoms with Crippen LogP contribution in [0.3, 0.4) is 0 Å². The van der Waals surface area contributed by atoms with Gasteiger partial charge in [0.1, 0.15) is 23.2 Å². The summed E-state index contributed by atoms with van der Waals surface area (Å²) in [6.45, 7) is -0.471. The number of rotatable bonds is 6. The fourth-order valence-corrected chi connectivity index (χ4v) is 2.07. The number of carbonyl (C=O) groups excluding carboxylic acids is 1. The summed E-state index contributed by atoms with van der Waals surface area (Å²) in [5.74, 6) is -2.06. The second-order valence-electron chi connectivity index (χ2n) is 5.00. The number of hydrogen-bond acceptors (Lipinski definition) is 4. The third-order valence-corrected chi connectivity index (χ3v) is 3.39. The molecule has 0 saturated heterocycles. The number of carbonyl (C=O) groups is 2. The number of hydrogen-bond donors (Lipinski definition) is 2. The monoisotopic (exact) mass is 374 g/mol. The Balaban J connectivity index is 2.11. The molecular weight excluding hydrogens is 363 g/mol. The van der Waals surface area contributed by atoms with Gasteiger partial charge in [-0.15, -0.1) is 0 Å². The number of halogens is 2. The minimum absolute atomic E-state index is 0.151. The minimum Gasteiger partial charge on any atom is -0.482 e. The van der Waals surface area contributed by atoms with Crippen LogP contribution in [0.4, 0.5) is 10.1 Å². The molecule has 0 saturated carbocycles. The Morgan fingerprint density at radius 1 is 1.27 bits per heavy atom. The lowest BCUT2D eigenvalue weighted by molar-refractivity contribution is -0.139. The van der Waals surface area contributed by atoms with E-state index in [-0.39, 0.29) is 16.3 Å². The topological polar surface area (TPSA) is 99.4 Å². The lowest BCUT2D eigenvalue weighted by Gasteiger charge is -2.06. The van der Waals surface area contributed by atoms with Crippen LogP contribution in [0.5, 0.6) is 5.75 Å². The van der Waals surface area contributed by atoms with Gasteiger partial charge in [0.25, 0.3) is 5.91 Å². The second-order valence-corrected chi connectivity index (χ2v) is 5.41. The van der Waals surface area contributed by atoms with Gasteiger partial charge in [-0.05, 0) is 42.0 Å². The van der Waals surface area contributed by atoms with E-state index >= 15 is 0 Å². The van der Waals surface area contributed by atoms with Gasteiger partial charge in [-0.25, -0.2) is 9.18 Å². The Morgan fingerprint density at radius 3 is 2.54 bits per heavy atom. The zero-order valence-electron chi connectivity index (χ0n) is 13.2. The van der Waals surface area contributed by atoms with Crippen LogP contribution in [0.1, 0.15) is 5.56 Å². The molecule has 0 bridgehead atoms. The van der Waals surface area contributed by atoms with Gasteiger partial charge < -0.3 is 15.2 Å². The first-order valence-electron chi connectivity index (χ1n) is 7.22. The fraction of sp³-hybridized carbons (Fsp3) is 0.0556. The zero-order valence-corrected chi connectivity index (χ0v) is 14.0. The second kappa shape index (κ2) is 8.65. The summed E-state index contributed by atoms with van der Waals surface area (Å²) >= 11 is 5.65. The van der Waals surface area contributed by atoms with Crippen molar-refractivity contribution in [1.82, 2.24) is 0 Å². The van der Waals surface area contributed by atoms with Crippen molar-refractivity contribution < 1.29 is 23.8 Å². The molecule has 0 spiro atoms. The highest BCUT2D eigenvalue weighted by Gasteiger charge is 2.11. The summed E-state index contributed by atoms with van der Waals surface area (Å²) in [6.07, 6.45) is 1.35. The predicted molar refractivity (Wildman–Crippen MR) is 93.2 cm³/mol. The first-order chi connectivity index (χ1) is 12.4. The van der Waals surface area contributed by atoms with Crippen LogP contribution in [-0.4, -0.2) is 23.6 Å². The molecule has 2 N–H and O–H groups in total. The molecule has 0 aliphatic carbocycles. The molecule has 0 fully saturated rings. The third kappa shape index (κ3) is 5.33. The Morgan fingerprint density at radius 2 is 1.96 bits per heavy atom. The van der Waals surface area contributed by atoms with E-state index < -0.39 is 24.3 Å². The van der Waals surface area contributed by atoms with E-state index in [0.29, 0.717) is 11.3 Å². The molecule has 0 unspecified atom stereocenters. The van der Waals surface area contributed by atoms with Crippen molar-refractivity contribution >= 4 is 35.2 Å². The Labute approximate surface area is 153 Å². The maximum Gasteiger partial charge on any atom is 0.341 e. The third-order valence-electron chi connectivity index (χ3n) is 3.10. The van der Waals surface area contributed by atoms with Gasteiger partial charge in [0.15, 0.2) is 6.61 Å². The van der Waals surface area contributed by atoms with Gasteiger partial charge in [0, 0.05) is 5.69 Å². The molecule has 0 aliphatic rings. The molecule has 2 aromatic rings. The average Bonchev–Trinajstić information content (AvgIpc) is 2.61. The Hall–Kier alpha value is -3.37. The molecular formula is C18H12ClFN2O4. The molecule has 1 amide bonds. The van der Waals surface area contributed by atoms with Crippen molar-refractivity contribution in [3.8, 4) is 11.8 Å². The lowest BCUT2D eigenvalue weighted by atomic mass is 10.1. The van der Waals surface area contributed by atoms with Gasteiger partial charge in [-0.3, -0.25) is 4.79 Å².